The molecule has 1 saturated heterocycles. The van der Waals surface area contributed by atoms with E-state index >= 15 is 0 Å². The van der Waals surface area contributed by atoms with Crippen molar-refractivity contribution in [1.82, 2.24) is 5.43 Å². The number of anilines is 1. The fourth-order valence-corrected chi connectivity index (χ4v) is 8.21. The Morgan fingerprint density at radius 3 is 1.83 bits per heavy atom. The number of benzene rings is 4. The number of hydrogen-bond acceptors (Lipinski definition) is 9. The molecule has 4 aromatic rings. The van der Waals surface area contributed by atoms with Crippen LogP contribution in [0.2, 0.25) is 0 Å². The van der Waals surface area contributed by atoms with Gasteiger partial charge in [-0.3, -0.25) is 10.2 Å². The smallest absolute Gasteiger partial charge is 0.444 e. The highest BCUT2D eigenvalue weighted by Gasteiger charge is 2.45. The molecule has 0 saturated carbocycles. The summed E-state index contributed by atoms with van der Waals surface area (Å²) >= 11 is 5.04. The summed E-state index contributed by atoms with van der Waals surface area (Å²) in [4.78, 5) is 18.6. The zero-order valence-electron chi connectivity index (χ0n) is 35.6. The molecule has 1 aliphatic heterocycles. The molecular formula is C47H57ClF3N5O6S. The van der Waals surface area contributed by atoms with Gasteiger partial charge in [0.15, 0.2) is 21.4 Å². The fraction of sp³-hybridized carbons (Fsp3) is 0.447. The maximum absolute atomic E-state index is 14.3. The van der Waals surface area contributed by atoms with Crippen LogP contribution in [-0.2, 0) is 14.6 Å². The maximum Gasteiger partial charge on any atom is 0.444 e. The molecule has 0 aliphatic carbocycles. The number of nitrogens with one attached hydrogen (secondary N) is 1. The van der Waals surface area contributed by atoms with Gasteiger partial charge >= 0.3 is 6.11 Å². The first-order chi connectivity index (χ1) is 30.5. The lowest BCUT2D eigenvalue weighted by molar-refractivity contribution is -0.198. The molecule has 63 heavy (non-hydrogen) atoms. The van der Waals surface area contributed by atoms with E-state index in [-0.39, 0.29) is 34.5 Å². The summed E-state index contributed by atoms with van der Waals surface area (Å²) in [5.41, 5.74) is 0.0580. The lowest BCUT2D eigenvalue weighted by Crippen LogP contribution is -2.38. The normalized spacial score (nSPS) is 15.5. The van der Waals surface area contributed by atoms with Gasteiger partial charge < -0.3 is 14.2 Å². The van der Waals surface area contributed by atoms with Crippen LogP contribution in [0, 0.1) is 0 Å². The molecular weight excluding hydrogens is 855 g/mol. The average Bonchev–Trinajstić information content (AvgIpc) is 3.58. The van der Waals surface area contributed by atoms with Gasteiger partial charge in [0.2, 0.25) is 6.04 Å². The number of aliphatic imine (C=N–C) groups is 1. The highest BCUT2D eigenvalue weighted by molar-refractivity contribution is 7.91. The molecule has 2 unspecified atom stereocenters. The molecule has 11 nitrogen and oxygen atoms in total. The van der Waals surface area contributed by atoms with Gasteiger partial charge in [0.1, 0.15) is 30.4 Å². The first-order valence-electron chi connectivity index (χ1n) is 21.7. The SMILES string of the molecule is CCCCCCCCCCCCCCCCS(=O)(=O)c1ccc(N=C2NN(c3ccccc3OC(F)(F)C(F)Cl)C(=O)C2N=Nc2ccc(OCCOc3ccccc3)cc2)cc1. The van der Waals surface area contributed by atoms with Crippen molar-refractivity contribution < 1.29 is 40.6 Å². The zero-order chi connectivity index (χ0) is 44.9. The molecule has 0 bridgehead atoms. The van der Waals surface area contributed by atoms with E-state index in [1.807, 2.05) is 30.3 Å². The summed E-state index contributed by atoms with van der Waals surface area (Å²) in [6, 6.07) is 25.7. The molecule has 0 radical (unpaired) electrons. The number of para-hydroxylation sites is 3. The molecule has 5 rings (SSSR count). The van der Waals surface area contributed by atoms with Crippen LogP contribution < -0.4 is 24.6 Å². The van der Waals surface area contributed by atoms with Crippen LogP contribution in [0.15, 0.2) is 123 Å². The van der Waals surface area contributed by atoms with Crippen molar-refractivity contribution in [3.63, 3.8) is 0 Å². The highest BCUT2D eigenvalue weighted by Crippen LogP contribution is 2.36. The third kappa shape index (κ3) is 15.9. The van der Waals surface area contributed by atoms with E-state index in [9.17, 15) is 26.4 Å². The predicted octanol–water partition coefficient (Wildman–Crippen LogP) is 12.6. The van der Waals surface area contributed by atoms with Crippen molar-refractivity contribution in [2.24, 2.45) is 15.2 Å². The van der Waals surface area contributed by atoms with Crippen molar-refractivity contribution >= 4 is 50.2 Å². The van der Waals surface area contributed by atoms with E-state index in [4.69, 9.17) is 21.1 Å². The molecule has 4 aromatic carbocycles. The summed E-state index contributed by atoms with van der Waals surface area (Å²) in [5, 5.41) is 9.39. The van der Waals surface area contributed by atoms with Gasteiger partial charge in [0.25, 0.3) is 11.5 Å². The van der Waals surface area contributed by atoms with Gasteiger partial charge in [-0.05, 0) is 79.2 Å². The number of hydrazine groups is 1. The molecule has 1 aliphatic rings. The molecule has 340 valence electrons. The van der Waals surface area contributed by atoms with Gasteiger partial charge in [-0.2, -0.15) is 19.0 Å². The first kappa shape index (κ1) is 48.9. The molecule has 1 fully saturated rings. The van der Waals surface area contributed by atoms with Crippen LogP contribution in [0.5, 0.6) is 17.2 Å². The molecule has 1 amide bonds. The monoisotopic (exact) mass is 911 g/mol. The molecule has 16 heteroatoms. The zero-order valence-corrected chi connectivity index (χ0v) is 37.2. The first-order valence-corrected chi connectivity index (χ1v) is 23.8. The number of unbranched alkanes of at least 4 members (excludes halogenated alkanes) is 13. The Morgan fingerprint density at radius 1 is 0.714 bits per heavy atom. The summed E-state index contributed by atoms with van der Waals surface area (Å²) in [6.07, 6.45) is 12.0. The lowest BCUT2D eigenvalue weighted by atomic mass is 10.0. The fourth-order valence-electron chi connectivity index (χ4n) is 6.80. The van der Waals surface area contributed by atoms with Gasteiger partial charge in [-0.25, -0.2) is 22.8 Å². The van der Waals surface area contributed by atoms with Crippen molar-refractivity contribution in [3.05, 3.63) is 103 Å². The number of nitrogens with zero attached hydrogens (tertiary/aromatic N) is 4. The third-order valence-electron chi connectivity index (χ3n) is 10.2. The van der Waals surface area contributed by atoms with Gasteiger partial charge in [-0.1, -0.05) is 132 Å². The minimum absolute atomic E-state index is 0.0234. The van der Waals surface area contributed by atoms with Crippen molar-refractivity contribution in [1.29, 1.82) is 0 Å². The topological polar surface area (TPSA) is 131 Å². The molecule has 2 atom stereocenters. The van der Waals surface area contributed by atoms with Gasteiger partial charge in [0, 0.05) is 0 Å². The number of alkyl halides is 4. The minimum atomic E-state index is -4.42. The van der Waals surface area contributed by atoms with Crippen LogP contribution in [0.4, 0.5) is 30.2 Å². The van der Waals surface area contributed by atoms with Crippen molar-refractivity contribution in [2.75, 3.05) is 24.0 Å². The summed E-state index contributed by atoms with van der Waals surface area (Å²) < 4.78 is 84.5. The van der Waals surface area contributed by atoms with E-state index in [1.165, 1.54) is 107 Å². The largest absolute Gasteiger partial charge is 0.490 e. The number of carbonyl (C=O) groups excluding carboxylic acids is 1. The molecule has 1 heterocycles. The quantitative estimate of drug-likeness (QED) is 0.0341. The Kier molecular flexibility index (Phi) is 19.6. The maximum atomic E-state index is 14.3. The Balaban J connectivity index is 1.21. The molecule has 0 aromatic heterocycles. The van der Waals surface area contributed by atoms with E-state index in [2.05, 4.69) is 32.3 Å². The van der Waals surface area contributed by atoms with Crippen LogP contribution in [0.1, 0.15) is 96.8 Å². The van der Waals surface area contributed by atoms with Crippen LogP contribution >= 0.6 is 11.6 Å². The second-order valence-electron chi connectivity index (χ2n) is 15.2. The number of hydrogen-bond donors (Lipinski definition) is 1. The van der Waals surface area contributed by atoms with E-state index in [0.717, 1.165) is 36.1 Å². The standard InChI is InChI=1S/C47H57ClF3N5O6S/c1-2-3-4-5-6-7-8-9-10-11-12-13-14-20-35-63(58,59)40-31-27-36(28-32-40)52-44-43(45(57)56(55-44)41-23-18-19-24-42(41)62-47(50,51)46(48)49)54-53-37-25-29-39(30-26-37)61-34-33-60-38-21-16-15-17-22-38/h15-19,21-32,43,46H,2-14,20,33-35H2,1H3,(H,52,55). The second-order valence-corrected chi connectivity index (χ2v) is 17.7. The Hall–Kier alpha value is -5.15. The average molecular weight is 913 g/mol. The Morgan fingerprint density at radius 2 is 1.24 bits per heavy atom. The molecule has 0 spiro atoms. The number of amides is 1. The third-order valence-corrected chi connectivity index (χ3v) is 12.3. The van der Waals surface area contributed by atoms with Crippen molar-refractivity contribution in [2.45, 2.75) is 119 Å². The molecule has 1 N–H and O–H groups in total. The minimum Gasteiger partial charge on any atom is -0.490 e. The summed E-state index contributed by atoms with van der Waals surface area (Å²) in [5.74, 6) is -0.0874. The van der Waals surface area contributed by atoms with E-state index in [1.54, 1.807) is 24.3 Å². The number of rotatable bonds is 28. The Labute approximate surface area is 374 Å². The second kappa shape index (κ2) is 25.2. The number of amidine groups is 1. The number of carbonyl (C=O) groups is 1. The van der Waals surface area contributed by atoms with Crippen LogP contribution in [0.3, 0.4) is 0 Å². The summed E-state index contributed by atoms with van der Waals surface area (Å²) in [6.45, 7) is 2.84. The highest BCUT2D eigenvalue weighted by atomic mass is 35.5. The van der Waals surface area contributed by atoms with E-state index in [0.29, 0.717) is 24.5 Å². The Bertz CT molecular complexity index is 2160. The van der Waals surface area contributed by atoms with Crippen molar-refractivity contribution in [3.8, 4) is 17.2 Å². The summed E-state index contributed by atoms with van der Waals surface area (Å²) in [7, 11) is -3.56. The van der Waals surface area contributed by atoms with Crippen LogP contribution in [0.25, 0.3) is 0 Å². The van der Waals surface area contributed by atoms with Gasteiger partial charge in [0.05, 0.1) is 22.0 Å². The predicted molar refractivity (Wildman–Crippen MR) is 241 cm³/mol. The number of sulfone groups is 1. The number of halogens is 4. The number of ether oxygens (including phenoxy) is 3. The lowest BCUT2D eigenvalue weighted by Gasteiger charge is -2.23. The van der Waals surface area contributed by atoms with Gasteiger partial charge in [-0.15, -0.1) is 0 Å². The number of azo groups is 1. The van der Waals surface area contributed by atoms with E-state index < -0.39 is 39.3 Å². The van der Waals surface area contributed by atoms with Crippen LogP contribution in [-0.4, -0.2) is 56.9 Å².